The summed E-state index contributed by atoms with van der Waals surface area (Å²) in [6.07, 6.45) is 1.90. The number of amides is 1. The third-order valence-electron chi connectivity index (χ3n) is 4.09. The van der Waals surface area contributed by atoms with E-state index in [-0.39, 0.29) is 13.2 Å². The zero-order valence-corrected chi connectivity index (χ0v) is 13.8. The third kappa shape index (κ3) is 5.35. The highest BCUT2D eigenvalue weighted by molar-refractivity contribution is 6.30. The fourth-order valence-corrected chi connectivity index (χ4v) is 2.95. The van der Waals surface area contributed by atoms with E-state index in [1.54, 1.807) is 18.2 Å². The van der Waals surface area contributed by atoms with Crippen molar-refractivity contribution in [2.75, 3.05) is 26.3 Å². The Morgan fingerprint density at radius 1 is 1.39 bits per heavy atom. The molecule has 1 fully saturated rings. The minimum Gasteiger partial charge on any atom is -0.483 e. The summed E-state index contributed by atoms with van der Waals surface area (Å²) in [7, 11) is 0. The van der Waals surface area contributed by atoms with E-state index in [0.29, 0.717) is 36.7 Å². The number of aliphatic hydroxyl groups is 2. The second-order valence-electron chi connectivity index (χ2n) is 6.02. The number of likely N-dealkylation sites (tertiary alicyclic amines) is 1. The summed E-state index contributed by atoms with van der Waals surface area (Å²) in [5.74, 6) is 0.0450. The number of ether oxygens (including phenoxy) is 1. The van der Waals surface area contributed by atoms with E-state index in [9.17, 15) is 15.0 Å². The van der Waals surface area contributed by atoms with E-state index in [0.717, 1.165) is 18.5 Å². The summed E-state index contributed by atoms with van der Waals surface area (Å²) >= 11 is 6.06. The average Bonchev–Trinajstić information content (AvgIpc) is 2.69. The van der Waals surface area contributed by atoms with Gasteiger partial charge in [-0.05, 0) is 44.0 Å². The number of carbonyl (C=O) groups excluding carboxylic acids is 1. The molecule has 1 saturated heterocycles. The van der Waals surface area contributed by atoms with Crippen LogP contribution in [0.5, 0.6) is 5.75 Å². The molecule has 6 nitrogen and oxygen atoms in total. The smallest absolute Gasteiger partial charge is 0.255 e. The summed E-state index contributed by atoms with van der Waals surface area (Å²) in [5.41, 5.74) is 5.00. The van der Waals surface area contributed by atoms with Gasteiger partial charge in [0, 0.05) is 23.7 Å². The molecule has 2 rings (SSSR count). The van der Waals surface area contributed by atoms with E-state index >= 15 is 0 Å². The Labute approximate surface area is 140 Å². The largest absolute Gasteiger partial charge is 0.483 e. The van der Waals surface area contributed by atoms with E-state index < -0.39 is 11.5 Å². The monoisotopic (exact) mass is 342 g/mol. The van der Waals surface area contributed by atoms with Gasteiger partial charge in [0.25, 0.3) is 5.91 Å². The molecule has 0 aromatic heterocycles. The molecule has 1 unspecified atom stereocenters. The van der Waals surface area contributed by atoms with Gasteiger partial charge in [0.15, 0.2) is 6.61 Å². The van der Waals surface area contributed by atoms with Gasteiger partial charge in [0.2, 0.25) is 0 Å². The molecule has 1 aromatic rings. The van der Waals surface area contributed by atoms with Gasteiger partial charge in [-0.15, -0.1) is 0 Å². The topological polar surface area (TPSA) is 96.0 Å². The number of rotatable bonds is 6. The van der Waals surface area contributed by atoms with Gasteiger partial charge < -0.3 is 20.7 Å². The number of nitrogens with two attached hydrogens (primary N) is 1. The van der Waals surface area contributed by atoms with Crippen molar-refractivity contribution in [1.29, 1.82) is 0 Å². The van der Waals surface area contributed by atoms with E-state index in [1.165, 1.54) is 0 Å². The van der Waals surface area contributed by atoms with E-state index in [2.05, 4.69) is 4.90 Å². The van der Waals surface area contributed by atoms with Gasteiger partial charge in [-0.3, -0.25) is 9.69 Å². The second kappa shape index (κ2) is 7.97. The van der Waals surface area contributed by atoms with Crippen molar-refractivity contribution in [2.24, 2.45) is 5.73 Å². The third-order valence-corrected chi connectivity index (χ3v) is 4.33. The maximum atomic E-state index is 10.9. The number of halogens is 1. The number of hydrogen-bond donors (Lipinski definition) is 3. The Morgan fingerprint density at radius 3 is 2.87 bits per heavy atom. The fourth-order valence-electron chi connectivity index (χ4n) is 2.75. The first kappa shape index (κ1) is 18.0. The van der Waals surface area contributed by atoms with Crippen LogP contribution < -0.4 is 10.5 Å². The molecule has 4 N–H and O–H groups in total. The minimum atomic E-state index is -0.992. The highest BCUT2D eigenvalue weighted by atomic mass is 35.5. The number of aliphatic hydroxyl groups excluding tert-OH is 1. The molecule has 1 heterocycles. The lowest BCUT2D eigenvalue weighted by Crippen LogP contribution is -2.34. The van der Waals surface area contributed by atoms with Crippen molar-refractivity contribution in [1.82, 2.24) is 4.90 Å². The number of benzene rings is 1. The average molecular weight is 343 g/mol. The van der Waals surface area contributed by atoms with Gasteiger partial charge in [-0.25, -0.2) is 0 Å². The molecular weight excluding hydrogens is 320 g/mol. The highest BCUT2D eigenvalue weighted by Crippen LogP contribution is 2.27. The van der Waals surface area contributed by atoms with Gasteiger partial charge in [-0.2, -0.15) is 0 Å². The molecular formula is C16H23ClN2O4. The van der Waals surface area contributed by atoms with Crippen molar-refractivity contribution in [2.45, 2.75) is 31.4 Å². The number of hydrogen-bond acceptors (Lipinski definition) is 5. The molecule has 0 spiro atoms. The maximum Gasteiger partial charge on any atom is 0.255 e. The lowest BCUT2D eigenvalue weighted by molar-refractivity contribution is -0.119. The van der Waals surface area contributed by atoms with Crippen LogP contribution in [-0.4, -0.2) is 52.9 Å². The Hall–Kier alpha value is -1.34. The summed E-state index contributed by atoms with van der Waals surface area (Å²) in [6, 6.07) is 5.23. The van der Waals surface area contributed by atoms with Gasteiger partial charge in [0.1, 0.15) is 5.75 Å². The molecule has 1 atom stereocenters. The number of primary amides is 1. The van der Waals surface area contributed by atoms with Crippen molar-refractivity contribution in [3.8, 4) is 5.75 Å². The first-order valence-electron chi connectivity index (χ1n) is 7.67. The molecule has 1 amide bonds. The van der Waals surface area contributed by atoms with Crippen LogP contribution >= 0.6 is 11.6 Å². The Balaban J connectivity index is 2.06. The maximum absolute atomic E-state index is 10.9. The van der Waals surface area contributed by atoms with Crippen LogP contribution in [0.15, 0.2) is 18.2 Å². The molecule has 1 aliphatic heterocycles. The van der Waals surface area contributed by atoms with Crippen LogP contribution in [0, 0.1) is 0 Å². The van der Waals surface area contributed by atoms with Crippen LogP contribution in [0.1, 0.15) is 24.8 Å². The zero-order valence-electron chi connectivity index (χ0n) is 13.0. The van der Waals surface area contributed by atoms with Gasteiger partial charge in [-0.1, -0.05) is 11.6 Å². The minimum absolute atomic E-state index is 0.182. The molecule has 1 aromatic carbocycles. The zero-order chi connectivity index (χ0) is 16.9. The lowest BCUT2D eigenvalue weighted by atomic mass is 9.96. The molecule has 7 heteroatoms. The van der Waals surface area contributed by atoms with Crippen LogP contribution in [0.3, 0.4) is 0 Å². The van der Waals surface area contributed by atoms with Crippen molar-refractivity contribution < 1.29 is 19.7 Å². The molecule has 128 valence electrons. The summed E-state index contributed by atoms with van der Waals surface area (Å²) in [4.78, 5) is 13.1. The number of nitrogens with zero attached hydrogens (tertiary/aromatic N) is 1. The fraction of sp³-hybridized carbons (Fsp3) is 0.562. The Kier molecular flexibility index (Phi) is 6.24. The summed E-state index contributed by atoms with van der Waals surface area (Å²) in [6.45, 7) is 1.67. The molecule has 23 heavy (non-hydrogen) atoms. The van der Waals surface area contributed by atoms with Gasteiger partial charge >= 0.3 is 0 Å². The number of carbonyl (C=O) groups is 1. The van der Waals surface area contributed by atoms with E-state index in [4.69, 9.17) is 22.1 Å². The normalized spacial score (nSPS) is 22.6. The van der Waals surface area contributed by atoms with E-state index in [1.807, 2.05) is 0 Å². The Morgan fingerprint density at radius 2 is 2.17 bits per heavy atom. The molecule has 0 radical (unpaired) electrons. The molecule has 0 saturated carbocycles. The van der Waals surface area contributed by atoms with Gasteiger partial charge in [0.05, 0.1) is 12.2 Å². The molecule has 0 aliphatic carbocycles. The Bertz CT molecular complexity index is 555. The van der Waals surface area contributed by atoms with Crippen molar-refractivity contribution >= 4 is 17.5 Å². The van der Waals surface area contributed by atoms with Crippen molar-refractivity contribution in [3.63, 3.8) is 0 Å². The first-order chi connectivity index (χ1) is 10.9. The highest BCUT2D eigenvalue weighted by Gasteiger charge is 2.29. The molecule has 1 aliphatic rings. The lowest BCUT2D eigenvalue weighted by Gasteiger charge is -2.25. The summed E-state index contributed by atoms with van der Waals surface area (Å²) in [5, 5.41) is 20.1. The van der Waals surface area contributed by atoms with Crippen LogP contribution in [-0.2, 0) is 11.3 Å². The van der Waals surface area contributed by atoms with Crippen LogP contribution in [0.2, 0.25) is 5.02 Å². The predicted octanol–water partition coefficient (Wildman–Crippen LogP) is 0.913. The summed E-state index contributed by atoms with van der Waals surface area (Å²) < 4.78 is 5.44. The first-order valence-corrected chi connectivity index (χ1v) is 8.05. The van der Waals surface area contributed by atoms with Crippen molar-refractivity contribution in [3.05, 3.63) is 28.8 Å². The SMILES string of the molecule is NC(=O)COc1ccc(Cl)cc1CN1CCCC(O)(CO)CC1. The second-order valence-corrected chi connectivity index (χ2v) is 6.46. The molecule has 0 bridgehead atoms. The standard InChI is InChI=1S/C16H23ClN2O4/c17-13-2-3-14(23-10-15(18)21)12(8-13)9-19-6-1-4-16(22,11-20)5-7-19/h2-3,8,20,22H,1,4-7,9-11H2,(H2,18,21). The quantitative estimate of drug-likeness (QED) is 0.714. The van der Waals surface area contributed by atoms with Crippen LogP contribution in [0.4, 0.5) is 0 Å². The van der Waals surface area contributed by atoms with Crippen LogP contribution in [0.25, 0.3) is 0 Å². The predicted molar refractivity (Wildman–Crippen MR) is 87.3 cm³/mol.